The summed E-state index contributed by atoms with van der Waals surface area (Å²) in [7, 11) is 0. The zero-order chi connectivity index (χ0) is 12.3. The zero-order valence-electron chi connectivity index (χ0n) is 9.31. The Morgan fingerprint density at radius 3 is 3.18 bits per heavy atom. The van der Waals surface area contributed by atoms with Crippen molar-refractivity contribution in [3.05, 3.63) is 16.1 Å². The van der Waals surface area contributed by atoms with E-state index in [1.165, 1.54) is 16.2 Å². The lowest BCUT2D eigenvalue weighted by Gasteiger charge is -2.25. The fourth-order valence-corrected chi connectivity index (χ4v) is 2.41. The van der Waals surface area contributed by atoms with Crippen LogP contribution in [0.4, 0.5) is 0 Å². The van der Waals surface area contributed by atoms with E-state index in [2.05, 4.69) is 10.3 Å². The predicted molar refractivity (Wildman–Crippen MR) is 63.8 cm³/mol. The first-order valence-corrected chi connectivity index (χ1v) is 6.29. The van der Waals surface area contributed by atoms with Crippen molar-refractivity contribution < 1.29 is 9.59 Å². The summed E-state index contributed by atoms with van der Waals surface area (Å²) >= 11 is 1.43. The Kier molecular flexibility index (Phi) is 3.70. The molecule has 2 amide bonds. The Hall–Kier alpha value is -1.47. The first kappa shape index (κ1) is 12.0. The molecule has 17 heavy (non-hydrogen) atoms. The minimum absolute atomic E-state index is 0.114. The first-order valence-electron chi connectivity index (χ1n) is 5.41. The van der Waals surface area contributed by atoms with Gasteiger partial charge in [-0.05, 0) is 6.54 Å². The molecule has 3 N–H and O–H groups in total. The van der Waals surface area contributed by atoms with Crippen molar-refractivity contribution >= 4 is 23.2 Å². The van der Waals surface area contributed by atoms with E-state index in [1.807, 2.05) is 0 Å². The fourth-order valence-electron chi connectivity index (χ4n) is 1.62. The lowest BCUT2D eigenvalue weighted by molar-refractivity contribution is -0.123. The SMILES string of the molecule is NCCc1nc(C(=O)N2CCNC(=O)C2)cs1. The molecule has 1 aliphatic heterocycles. The number of nitrogens with two attached hydrogens (primary N) is 1. The van der Waals surface area contributed by atoms with Gasteiger partial charge in [-0.3, -0.25) is 9.59 Å². The normalized spacial score (nSPS) is 15.8. The summed E-state index contributed by atoms with van der Waals surface area (Å²) in [5.74, 6) is -0.304. The van der Waals surface area contributed by atoms with E-state index in [0.717, 1.165) is 5.01 Å². The van der Waals surface area contributed by atoms with Crippen molar-refractivity contribution in [1.82, 2.24) is 15.2 Å². The molecule has 0 radical (unpaired) electrons. The predicted octanol–water partition coefficient (Wildman–Crippen LogP) is -0.784. The molecule has 1 saturated heterocycles. The van der Waals surface area contributed by atoms with Crippen LogP contribution in [-0.2, 0) is 11.2 Å². The summed E-state index contributed by atoms with van der Waals surface area (Å²) in [6, 6.07) is 0. The molecule has 0 atom stereocenters. The molecule has 7 heteroatoms. The number of piperazine rings is 1. The maximum Gasteiger partial charge on any atom is 0.273 e. The van der Waals surface area contributed by atoms with E-state index >= 15 is 0 Å². The highest BCUT2D eigenvalue weighted by Gasteiger charge is 2.23. The van der Waals surface area contributed by atoms with Crippen LogP contribution < -0.4 is 11.1 Å². The van der Waals surface area contributed by atoms with Gasteiger partial charge >= 0.3 is 0 Å². The van der Waals surface area contributed by atoms with Gasteiger partial charge in [-0.15, -0.1) is 11.3 Å². The third-order valence-corrected chi connectivity index (χ3v) is 3.36. The fraction of sp³-hybridized carbons (Fsp3) is 0.500. The monoisotopic (exact) mass is 254 g/mol. The van der Waals surface area contributed by atoms with Gasteiger partial charge in [0.1, 0.15) is 5.69 Å². The molecule has 0 unspecified atom stereocenters. The third-order valence-electron chi connectivity index (χ3n) is 2.45. The van der Waals surface area contributed by atoms with Crippen LogP contribution >= 0.6 is 11.3 Å². The molecule has 6 nitrogen and oxygen atoms in total. The third kappa shape index (κ3) is 2.80. The van der Waals surface area contributed by atoms with E-state index in [0.29, 0.717) is 31.7 Å². The van der Waals surface area contributed by atoms with Crippen molar-refractivity contribution in [2.75, 3.05) is 26.2 Å². The highest BCUT2D eigenvalue weighted by Crippen LogP contribution is 2.12. The highest BCUT2D eigenvalue weighted by atomic mass is 32.1. The van der Waals surface area contributed by atoms with Gasteiger partial charge in [0.15, 0.2) is 0 Å². The Labute approximate surface area is 103 Å². The van der Waals surface area contributed by atoms with Gasteiger partial charge in [0.05, 0.1) is 11.6 Å². The van der Waals surface area contributed by atoms with Crippen molar-refractivity contribution in [2.45, 2.75) is 6.42 Å². The molecule has 92 valence electrons. The summed E-state index contributed by atoms with van der Waals surface area (Å²) in [4.78, 5) is 28.9. The Bertz CT molecular complexity index is 432. The quantitative estimate of drug-likeness (QED) is 0.740. The second-order valence-electron chi connectivity index (χ2n) is 3.74. The molecule has 0 saturated carbocycles. The summed E-state index contributed by atoms with van der Waals surface area (Å²) < 4.78 is 0. The molecular weight excluding hydrogens is 240 g/mol. The van der Waals surface area contributed by atoms with Gasteiger partial charge in [0.2, 0.25) is 5.91 Å². The number of aromatic nitrogens is 1. The molecule has 2 rings (SSSR count). The summed E-state index contributed by atoms with van der Waals surface area (Å²) in [6.07, 6.45) is 0.679. The van der Waals surface area contributed by atoms with Gasteiger partial charge in [0, 0.05) is 24.9 Å². The molecule has 1 fully saturated rings. The van der Waals surface area contributed by atoms with Crippen LogP contribution in [-0.4, -0.2) is 47.9 Å². The molecule has 0 aliphatic carbocycles. The average molecular weight is 254 g/mol. The van der Waals surface area contributed by atoms with Crippen LogP contribution in [0.25, 0.3) is 0 Å². The van der Waals surface area contributed by atoms with Crippen molar-refractivity contribution in [3.63, 3.8) is 0 Å². The number of rotatable bonds is 3. The number of nitrogens with one attached hydrogen (secondary N) is 1. The Morgan fingerprint density at radius 1 is 1.65 bits per heavy atom. The Morgan fingerprint density at radius 2 is 2.47 bits per heavy atom. The number of nitrogens with zero attached hydrogens (tertiary/aromatic N) is 2. The summed E-state index contributed by atoms with van der Waals surface area (Å²) in [6.45, 7) is 1.68. The summed E-state index contributed by atoms with van der Waals surface area (Å²) in [5.41, 5.74) is 5.84. The number of thiazole rings is 1. The standard InChI is InChI=1S/C10H14N4O2S/c11-2-1-9-13-7(6-17-9)10(16)14-4-3-12-8(15)5-14/h6H,1-5,11H2,(H,12,15). The molecule has 0 spiro atoms. The van der Waals surface area contributed by atoms with E-state index in [4.69, 9.17) is 5.73 Å². The topological polar surface area (TPSA) is 88.3 Å². The van der Waals surface area contributed by atoms with Crippen molar-refractivity contribution in [1.29, 1.82) is 0 Å². The highest BCUT2D eigenvalue weighted by molar-refractivity contribution is 7.09. The Balaban J connectivity index is 2.05. The van der Waals surface area contributed by atoms with Crippen molar-refractivity contribution in [3.8, 4) is 0 Å². The lowest BCUT2D eigenvalue weighted by atomic mass is 10.3. The largest absolute Gasteiger partial charge is 0.353 e. The molecule has 2 heterocycles. The van der Waals surface area contributed by atoms with E-state index < -0.39 is 0 Å². The smallest absolute Gasteiger partial charge is 0.273 e. The molecule has 0 bridgehead atoms. The van der Waals surface area contributed by atoms with E-state index in [-0.39, 0.29) is 18.4 Å². The van der Waals surface area contributed by atoms with Crippen LogP contribution in [0.2, 0.25) is 0 Å². The van der Waals surface area contributed by atoms with Gasteiger partial charge in [0.25, 0.3) is 5.91 Å². The van der Waals surface area contributed by atoms with Gasteiger partial charge in [-0.1, -0.05) is 0 Å². The van der Waals surface area contributed by atoms with Crippen LogP contribution in [0.15, 0.2) is 5.38 Å². The van der Waals surface area contributed by atoms with Crippen molar-refractivity contribution in [2.24, 2.45) is 5.73 Å². The lowest BCUT2D eigenvalue weighted by Crippen LogP contribution is -2.50. The second-order valence-corrected chi connectivity index (χ2v) is 4.68. The number of hydrogen-bond donors (Lipinski definition) is 2. The maximum atomic E-state index is 12.0. The van der Waals surface area contributed by atoms with Crippen LogP contribution in [0.5, 0.6) is 0 Å². The van der Waals surface area contributed by atoms with Crippen LogP contribution in [0.3, 0.4) is 0 Å². The van der Waals surface area contributed by atoms with Gasteiger partial charge in [-0.2, -0.15) is 0 Å². The summed E-state index contributed by atoms with van der Waals surface area (Å²) in [5, 5.41) is 5.26. The molecule has 1 aromatic heterocycles. The number of carbonyl (C=O) groups excluding carboxylic acids is 2. The zero-order valence-corrected chi connectivity index (χ0v) is 10.1. The van der Waals surface area contributed by atoms with Crippen LogP contribution in [0, 0.1) is 0 Å². The van der Waals surface area contributed by atoms with E-state index in [9.17, 15) is 9.59 Å². The maximum absolute atomic E-state index is 12.0. The molecule has 1 aromatic rings. The number of carbonyl (C=O) groups is 2. The minimum Gasteiger partial charge on any atom is -0.353 e. The molecule has 1 aliphatic rings. The molecular formula is C10H14N4O2S. The molecule has 0 aromatic carbocycles. The second kappa shape index (κ2) is 5.24. The van der Waals surface area contributed by atoms with Crippen LogP contribution in [0.1, 0.15) is 15.5 Å². The van der Waals surface area contributed by atoms with E-state index in [1.54, 1.807) is 5.38 Å². The number of amides is 2. The number of hydrogen-bond acceptors (Lipinski definition) is 5. The average Bonchev–Trinajstić information content (AvgIpc) is 2.77. The minimum atomic E-state index is -0.181. The first-order chi connectivity index (χ1) is 8.20. The van der Waals surface area contributed by atoms with Gasteiger partial charge < -0.3 is 16.0 Å². The van der Waals surface area contributed by atoms with Gasteiger partial charge in [-0.25, -0.2) is 4.98 Å².